The Morgan fingerprint density at radius 1 is 1.09 bits per heavy atom. The number of ether oxygens (including phenoxy) is 3. The zero-order valence-corrected chi connectivity index (χ0v) is 15.2. The van der Waals surface area contributed by atoms with Gasteiger partial charge in [-0.05, 0) is 5.92 Å². The first kappa shape index (κ1) is 19.8. The third-order valence-electron chi connectivity index (χ3n) is 3.90. The van der Waals surface area contributed by atoms with Crippen LogP contribution in [0.2, 0.25) is 0 Å². The summed E-state index contributed by atoms with van der Waals surface area (Å²) in [4.78, 5) is -0.000370. The van der Waals surface area contributed by atoms with Gasteiger partial charge in [-0.15, -0.1) is 12.4 Å². The van der Waals surface area contributed by atoms with E-state index in [1.54, 1.807) is 0 Å². The Bertz CT molecular complexity index is 618. The van der Waals surface area contributed by atoms with Crippen molar-refractivity contribution in [3.05, 3.63) is 12.1 Å². The molecule has 9 heteroatoms. The average Bonchev–Trinajstić information content (AvgIpc) is 2.85. The van der Waals surface area contributed by atoms with Crippen molar-refractivity contribution in [2.75, 3.05) is 34.4 Å². The summed E-state index contributed by atoms with van der Waals surface area (Å²) >= 11 is 0. The minimum atomic E-state index is -3.77. The third-order valence-corrected chi connectivity index (χ3v) is 5.80. The molecule has 132 valence electrons. The Hall–Kier alpha value is -1.22. The molecule has 2 atom stereocenters. The zero-order chi connectivity index (χ0) is 16.5. The molecule has 23 heavy (non-hydrogen) atoms. The van der Waals surface area contributed by atoms with Crippen LogP contribution in [0.3, 0.4) is 0 Å². The number of nitrogens with zero attached hydrogens (tertiary/aromatic N) is 1. The van der Waals surface area contributed by atoms with E-state index in [2.05, 4.69) is 0 Å². The van der Waals surface area contributed by atoms with E-state index in [0.717, 1.165) is 0 Å². The second kappa shape index (κ2) is 7.57. The fourth-order valence-electron chi connectivity index (χ4n) is 2.50. The van der Waals surface area contributed by atoms with Crippen molar-refractivity contribution >= 4 is 22.4 Å². The Labute approximate surface area is 143 Å². The Kier molecular flexibility index (Phi) is 6.52. The normalized spacial score (nSPS) is 21.6. The van der Waals surface area contributed by atoms with Crippen LogP contribution >= 0.6 is 12.4 Å². The van der Waals surface area contributed by atoms with Gasteiger partial charge in [0.05, 0.1) is 21.3 Å². The van der Waals surface area contributed by atoms with E-state index in [1.165, 1.54) is 37.8 Å². The van der Waals surface area contributed by atoms with E-state index in [4.69, 9.17) is 19.9 Å². The van der Waals surface area contributed by atoms with E-state index in [9.17, 15) is 8.42 Å². The second-order valence-corrected chi connectivity index (χ2v) is 7.20. The third kappa shape index (κ3) is 3.65. The lowest BCUT2D eigenvalue weighted by atomic mass is 10.1. The largest absolute Gasteiger partial charge is 0.496 e. The van der Waals surface area contributed by atoms with Crippen molar-refractivity contribution in [2.24, 2.45) is 11.7 Å². The monoisotopic (exact) mass is 366 g/mol. The van der Waals surface area contributed by atoms with E-state index in [1.807, 2.05) is 6.92 Å². The quantitative estimate of drug-likeness (QED) is 0.839. The molecule has 0 aliphatic carbocycles. The maximum atomic E-state index is 13.0. The molecule has 1 heterocycles. The number of hydrogen-bond donors (Lipinski definition) is 1. The minimum absolute atomic E-state index is 0. The van der Waals surface area contributed by atoms with E-state index in [-0.39, 0.29) is 47.3 Å². The number of hydrogen-bond acceptors (Lipinski definition) is 6. The van der Waals surface area contributed by atoms with Gasteiger partial charge in [0.15, 0.2) is 4.90 Å². The lowest BCUT2D eigenvalue weighted by Gasteiger charge is -2.20. The lowest BCUT2D eigenvalue weighted by molar-refractivity contribution is 0.355. The molecule has 0 spiro atoms. The van der Waals surface area contributed by atoms with Crippen LogP contribution in [0.15, 0.2) is 17.0 Å². The first-order chi connectivity index (χ1) is 10.3. The van der Waals surface area contributed by atoms with Crippen LogP contribution in [-0.2, 0) is 10.0 Å². The van der Waals surface area contributed by atoms with Crippen molar-refractivity contribution in [2.45, 2.75) is 17.9 Å². The summed E-state index contributed by atoms with van der Waals surface area (Å²) in [5, 5.41) is 0. The van der Waals surface area contributed by atoms with Gasteiger partial charge in [-0.1, -0.05) is 6.92 Å². The standard InChI is InChI=1S/C14H22N2O5S.ClH/c1-9-7-16(8-11(9)15)22(17,18)14-12(20-3)5-10(19-2)6-13(14)21-4;/h5-6,9,11H,7-8,15H2,1-4H3;1H. The SMILES string of the molecule is COc1cc(OC)c(S(=O)(=O)N2CC(C)C(N)C2)c(OC)c1.Cl. The number of rotatable bonds is 5. The molecule has 0 amide bonds. The highest BCUT2D eigenvalue weighted by atomic mass is 35.5. The molecular formula is C14H23ClN2O5S. The molecule has 1 fully saturated rings. The summed E-state index contributed by atoms with van der Waals surface area (Å²) in [7, 11) is 0.539. The molecule has 7 nitrogen and oxygen atoms in total. The minimum Gasteiger partial charge on any atom is -0.496 e. The number of methoxy groups -OCH3 is 3. The van der Waals surface area contributed by atoms with Crippen LogP contribution in [0, 0.1) is 5.92 Å². The Balaban J connectivity index is 0.00000264. The van der Waals surface area contributed by atoms with E-state index >= 15 is 0 Å². The smallest absolute Gasteiger partial charge is 0.250 e. The van der Waals surface area contributed by atoms with Gasteiger partial charge in [0, 0.05) is 31.3 Å². The van der Waals surface area contributed by atoms with Gasteiger partial charge in [-0.3, -0.25) is 0 Å². The lowest BCUT2D eigenvalue weighted by Crippen LogP contribution is -2.32. The molecule has 1 aromatic rings. The first-order valence-electron chi connectivity index (χ1n) is 6.90. The summed E-state index contributed by atoms with van der Waals surface area (Å²) in [6, 6.07) is 2.87. The molecule has 1 aliphatic rings. The number of sulfonamides is 1. The highest BCUT2D eigenvalue weighted by Crippen LogP contribution is 2.40. The van der Waals surface area contributed by atoms with E-state index < -0.39 is 10.0 Å². The molecule has 2 N–H and O–H groups in total. The van der Waals surface area contributed by atoms with Gasteiger partial charge in [-0.2, -0.15) is 4.31 Å². The van der Waals surface area contributed by atoms with Gasteiger partial charge in [-0.25, -0.2) is 8.42 Å². The maximum Gasteiger partial charge on any atom is 0.250 e. The second-order valence-electron chi connectivity index (χ2n) is 5.32. The predicted molar refractivity (Wildman–Crippen MR) is 89.2 cm³/mol. The number of nitrogens with two attached hydrogens (primary N) is 1. The summed E-state index contributed by atoms with van der Waals surface area (Å²) in [6.07, 6.45) is 0. The summed E-state index contributed by atoms with van der Waals surface area (Å²) in [6.45, 7) is 2.59. The molecule has 0 radical (unpaired) electrons. The molecule has 1 saturated heterocycles. The molecule has 0 aromatic heterocycles. The zero-order valence-electron chi connectivity index (χ0n) is 13.6. The van der Waals surface area contributed by atoms with Crippen molar-refractivity contribution in [3.8, 4) is 17.2 Å². The maximum absolute atomic E-state index is 13.0. The predicted octanol–water partition coefficient (Wildman–Crippen LogP) is 1.10. The molecule has 1 aromatic carbocycles. The number of halogens is 1. The fourth-order valence-corrected chi connectivity index (χ4v) is 4.35. The van der Waals surface area contributed by atoms with Crippen molar-refractivity contribution in [3.63, 3.8) is 0 Å². The van der Waals surface area contributed by atoms with Crippen LogP contribution in [0.5, 0.6) is 17.2 Å². The fraction of sp³-hybridized carbons (Fsp3) is 0.571. The van der Waals surface area contributed by atoms with Crippen molar-refractivity contribution in [1.82, 2.24) is 4.31 Å². The molecule has 1 aliphatic heterocycles. The number of benzene rings is 1. The molecule has 0 bridgehead atoms. The van der Waals surface area contributed by atoms with Gasteiger partial charge in [0.2, 0.25) is 0 Å². The molecular weight excluding hydrogens is 344 g/mol. The van der Waals surface area contributed by atoms with Crippen LogP contribution < -0.4 is 19.9 Å². The topological polar surface area (TPSA) is 91.1 Å². The average molecular weight is 367 g/mol. The Morgan fingerprint density at radius 3 is 1.96 bits per heavy atom. The Morgan fingerprint density at radius 2 is 1.61 bits per heavy atom. The van der Waals surface area contributed by atoms with Gasteiger partial charge < -0.3 is 19.9 Å². The van der Waals surface area contributed by atoms with Crippen LogP contribution in [0.1, 0.15) is 6.92 Å². The van der Waals surface area contributed by atoms with Crippen LogP contribution in [0.25, 0.3) is 0 Å². The van der Waals surface area contributed by atoms with Crippen molar-refractivity contribution < 1.29 is 22.6 Å². The highest BCUT2D eigenvalue weighted by Gasteiger charge is 2.38. The van der Waals surface area contributed by atoms with Crippen LogP contribution in [0.4, 0.5) is 0 Å². The van der Waals surface area contributed by atoms with Crippen molar-refractivity contribution in [1.29, 1.82) is 0 Å². The first-order valence-corrected chi connectivity index (χ1v) is 8.34. The molecule has 2 rings (SSSR count). The summed E-state index contributed by atoms with van der Waals surface area (Å²) in [5.41, 5.74) is 5.94. The van der Waals surface area contributed by atoms with Crippen LogP contribution in [-0.4, -0.2) is 53.2 Å². The van der Waals surface area contributed by atoms with Gasteiger partial charge >= 0.3 is 0 Å². The summed E-state index contributed by atoms with van der Waals surface area (Å²) in [5.74, 6) is 0.929. The summed E-state index contributed by atoms with van der Waals surface area (Å²) < 4.78 is 42.9. The van der Waals surface area contributed by atoms with E-state index in [0.29, 0.717) is 12.3 Å². The molecule has 0 saturated carbocycles. The highest BCUT2D eigenvalue weighted by molar-refractivity contribution is 7.89. The molecule has 2 unspecified atom stereocenters. The van der Waals surface area contributed by atoms with Gasteiger partial charge in [0.25, 0.3) is 10.0 Å². The van der Waals surface area contributed by atoms with Gasteiger partial charge in [0.1, 0.15) is 17.2 Å².